The fourth-order valence-corrected chi connectivity index (χ4v) is 2.35. The molecule has 21 heavy (non-hydrogen) atoms. The molecule has 0 aliphatic carbocycles. The molecular weight excluding hydrogens is 338 g/mol. The lowest BCUT2D eigenvalue weighted by atomic mass is 10.2. The highest BCUT2D eigenvalue weighted by molar-refractivity contribution is 9.10. The number of nitrogens with one attached hydrogen (secondary N) is 2. The molecule has 2 heterocycles. The maximum atomic E-state index is 12.2. The summed E-state index contributed by atoms with van der Waals surface area (Å²) in [5, 5.41) is 5.44. The number of amides is 2. The number of hydrogen-bond donors (Lipinski definition) is 2. The third-order valence-corrected chi connectivity index (χ3v) is 3.51. The fraction of sp³-hybridized carbons (Fsp3) is 0.0714. The quantitative estimate of drug-likeness (QED) is 0.817. The standard InChI is InChI=1S/C14H10BrN3O3/c15-13-9(2-1-5-16-13)14(20)17-8-3-4-11-10(6-8)18-12(19)7-21-11/h1-6H,7H2,(H,17,20)(H,18,19). The van der Waals surface area contributed by atoms with Gasteiger partial charge in [0.25, 0.3) is 11.8 Å². The second-order valence-electron chi connectivity index (χ2n) is 4.34. The van der Waals surface area contributed by atoms with E-state index in [0.29, 0.717) is 27.3 Å². The molecule has 6 nitrogen and oxygen atoms in total. The first-order valence-electron chi connectivity index (χ1n) is 6.12. The van der Waals surface area contributed by atoms with Crippen LogP contribution in [0.2, 0.25) is 0 Å². The number of rotatable bonds is 2. The number of carbonyl (C=O) groups excluding carboxylic acids is 2. The Kier molecular flexibility index (Phi) is 3.57. The van der Waals surface area contributed by atoms with Crippen LogP contribution < -0.4 is 15.4 Å². The number of pyridine rings is 1. The molecule has 106 valence electrons. The van der Waals surface area contributed by atoms with Gasteiger partial charge in [0.05, 0.1) is 11.3 Å². The predicted octanol–water partition coefficient (Wildman–Crippen LogP) is 2.43. The van der Waals surface area contributed by atoms with E-state index in [-0.39, 0.29) is 18.4 Å². The van der Waals surface area contributed by atoms with Gasteiger partial charge in [-0.25, -0.2) is 4.98 Å². The van der Waals surface area contributed by atoms with Crippen molar-refractivity contribution in [1.29, 1.82) is 0 Å². The first kappa shape index (κ1) is 13.6. The molecule has 0 radical (unpaired) electrons. The summed E-state index contributed by atoms with van der Waals surface area (Å²) in [6, 6.07) is 8.39. The Balaban J connectivity index is 1.82. The number of anilines is 2. The Bertz CT molecular complexity index is 733. The second kappa shape index (κ2) is 5.53. The summed E-state index contributed by atoms with van der Waals surface area (Å²) in [7, 11) is 0. The minimum atomic E-state index is -0.294. The summed E-state index contributed by atoms with van der Waals surface area (Å²) in [4.78, 5) is 27.5. The average molecular weight is 348 g/mol. The van der Waals surface area contributed by atoms with Crippen LogP contribution in [0.3, 0.4) is 0 Å². The number of hydrogen-bond acceptors (Lipinski definition) is 4. The van der Waals surface area contributed by atoms with E-state index >= 15 is 0 Å². The van der Waals surface area contributed by atoms with E-state index in [1.54, 1.807) is 36.5 Å². The van der Waals surface area contributed by atoms with Gasteiger partial charge < -0.3 is 15.4 Å². The molecule has 1 aliphatic rings. The summed E-state index contributed by atoms with van der Waals surface area (Å²) >= 11 is 3.23. The highest BCUT2D eigenvalue weighted by atomic mass is 79.9. The Morgan fingerprint density at radius 2 is 2.24 bits per heavy atom. The highest BCUT2D eigenvalue weighted by Gasteiger charge is 2.17. The van der Waals surface area contributed by atoms with Gasteiger partial charge in [-0.15, -0.1) is 0 Å². The maximum absolute atomic E-state index is 12.2. The van der Waals surface area contributed by atoms with E-state index in [1.807, 2.05) is 0 Å². The molecule has 2 aromatic rings. The van der Waals surface area contributed by atoms with Crippen molar-refractivity contribution in [1.82, 2.24) is 4.98 Å². The van der Waals surface area contributed by atoms with Crippen molar-refractivity contribution in [3.63, 3.8) is 0 Å². The SMILES string of the molecule is O=C1COc2ccc(NC(=O)c3cccnc3Br)cc2N1. The van der Waals surface area contributed by atoms with Crippen LogP contribution in [0, 0.1) is 0 Å². The first-order chi connectivity index (χ1) is 10.1. The minimum absolute atomic E-state index is 0.00133. The highest BCUT2D eigenvalue weighted by Crippen LogP contribution is 2.30. The van der Waals surface area contributed by atoms with Crippen LogP contribution in [0.15, 0.2) is 41.1 Å². The van der Waals surface area contributed by atoms with Crippen molar-refractivity contribution in [2.24, 2.45) is 0 Å². The molecule has 0 saturated heterocycles. The van der Waals surface area contributed by atoms with E-state index in [2.05, 4.69) is 31.5 Å². The molecule has 0 bridgehead atoms. The van der Waals surface area contributed by atoms with Crippen molar-refractivity contribution < 1.29 is 14.3 Å². The lowest BCUT2D eigenvalue weighted by molar-refractivity contribution is -0.118. The van der Waals surface area contributed by atoms with Gasteiger partial charge in [0.2, 0.25) is 0 Å². The summed E-state index contributed by atoms with van der Waals surface area (Å²) < 4.78 is 5.73. The number of carbonyl (C=O) groups is 2. The summed E-state index contributed by atoms with van der Waals surface area (Å²) in [5.41, 5.74) is 1.52. The zero-order valence-corrected chi connectivity index (χ0v) is 12.3. The third-order valence-electron chi connectivity index (χ3n) is 2.87. The minimum Gasteiger partial charge on any atom is -0.482 e. The first-order valence-corrected chi connectivity index (χ1v) is 6.91. The molecule has 2 N–H and O–H groups in total. The van der Waals surface area contributed by atoms with Crippen LogP contribution in [0.25, 0.3) is 0 Å². The number of benzene rings is 1. The molecule has 7 heteroatoms. The van der Waals surface area contributed by atoms with Crippen LogP contribution in [0.1, 0.15) is 10.4 Å². The summed E-state index contributed by atoms with van der Waals surface area (Å²) in [5.74, 6) is 0.0640. The Morgan fingerprint density at radius 1 is 1.38 bits per heavy atom. The zero-order valence-electron chi connectivity index (χ0n) is 10.7. The van der Waals surface area contributed by atoms with Gasteiger partial charge in [0.1, 0.15) is 10.4 Å². The van der Waals surface area contributed by atoms with Crippen LogP contribution in [-0.2, 0) is 4.79 Å². The summed E-state index contributed by atoms with van der Waals surface area (Å²) in [6.45, 7) is 0.00133. The monoisotopic (exact) mass is 347 g/mol. The molecule has 1 aromatic carbocycles. The molecule has 2 amide bonds. The largest absolute Gasteiger partial charge is 0.482 e. The van der Waals surface area contributed by atoms with Gasteiger partial charge in [0.15, 0.2) is 6.61 Å². The number of fused-ring (bicyclic) bond motifs is 1. The van der Waals surface area contributed by atoms with Crippen molar-refractivity contribution in [2.45, 2.75) is 0 Å². The Morgan fingerprint density at radius 3 is 3.05 bits per heavy atom. The molecule has 3 rings (SSSR count). The average Bonchev–Trinajstić information content (AvgIpc) is 2.47. The lowest BCUT2D eigenvalue weighted by Crippen LogP contribution is -2.25. The van der Waals surface area contributed by atoms with Crippen molar-refractivity contribution in [2.75, 3.05) is 17.2 Å². The van der Waals surface area contributed by atoms with Gasteiger partial charge >= 0.3 is 0 Å². The topological polar surface area (TPSA) is 80.3 Å². The Labute approximate surface area is 128 Å². The van der Waals surface area contributed by atoms with Crippen LogP contribution in [0.5, 0.6) is 5.75 Å². The van der Waals surface area contributed by atoms with Crippen molar-refractivity contribution in [3.8, 4) is 5.75 Å². The smallest absolute Gasteiger partial charge is 0.262 e. The fourth-order valence-electron chi connectivity index (χ4n) is 1.91. The van der Waals surface area contributed by atoms with Gasteiger partial charge in [-0.3, -0.25) is 9.59 Å². The number of ether oxygens (including phenoxy) is 1. The molecule has 0 spiro atoms. The Hall–Kier alpha value is -2.41. The predicted molar refractivity (Wildman–Crippen MR) is 80.5 cm³/mol. The molecule has 1 aromatic heterocycles. The van der Waals surface area contributed by atoms with E-state index < -0.39 is 0 Å². The van der Waals surface area contributed by atoms with Crippen LogP contribution in [0.4, 0.5) is 11.4 Å². The van der Waals surface area contributed by atoms with E-state index in [0.717, 1.165) is 0 Å². The number of aromatic nitrogens is 1. The molecular formula is C14H10BrN3O3. The molecule has 0 saturated carbocycles. The van der Waals surface area contributed by atoms with Gasteiger partial charge in [-0.1, -0.05) is 0 Å². The van der Waals surface area contributed by atoms with Gasteiger partial charge in [0, 0.05) is 11.9 Å². The number of nitrogens with zero attached hydrogens (tertiary/aromatic N) is 1. The van der Waals surface area contributed by atoms with Gasteiger partial charge in [-0.05, 0) is 46.3 Å². The molecule has 1 aliphatic heterocycles. The lowest BCUT2D eigenvalue weighted by Gasteiger charge is -2.18. The van der Waals surface area contributed by atoms with Crippen molar-refractivity contribution in [3.05, 3.63) is 46.7 Å². The van der Waals surface area contributed by atoms with Crippen LogP contribution >= 0.6 is 15.9 Å². The second-order valence-corrected chi connectivity index (χ2v) is 5.09. The number of halogens is 1. The van der Waals surface area contributed by atoms with E-state index in [4.69, 9.17) is 4.74 Å². The van der Waals surface area contributed by atoms with E-state index in [9.17, 15) is 9.59 Å². The van der Waals surface area contributed by atoms with E-state index in [1.165, 1.54) is 0 Å². The van der Waals surface area contributed by atoms with Crippen molar-refractivity contribution >= 4 is 39.1 Å². The molecule has 0 unspecified atom stereocenters. The normalized spacial score (nSPS) is 12.9. The summed E-state index contributed by atoms with van der Waals surface area (Å²) in [6.07, 6.45) is 1.59. The van der Waals surface area contributed by atoms with Gasteiger partial charge in [-0.2, -0.15) is 0 Å². The molecule has 0 fully saturated rings. The van der Waals surface area contributed by atoms with Crippen LogP contribution in [-0.4, -0.2) is 23.4 Å². The third kappa shape index (κ3) is 2.87. The molecule has 0 atom stereocenters. The zero-order chi connectivity index (χ0) is 14.8. The maximum Gasteiger partial charge on any atom is 0.262 e.